The van der Waals surface area contributed by atoms with Gasteiger partial charge < -0.3 is 9.84 Å². The van der Waals surface area contributed by atoms with E-state index in [-0.39, 0.29) is 24.6 Å². The second-order valence-corrected chi connectivity index (χ2v) is 6.02. The summed E-state index contributed by atoms with van der Waals surface area (Å²) >= 11 is 0. The molecule has 25 heavy (non-hydrogen) atoms. The number of hydrogen-bond donors (Lipinski definition) is 3. The minimum atomic E-state index is -0.366. The second kappa shape index (κ2) is 6.32. The van der Waals surface area contributed by atoms with Crippen molar-refractivity contribution in [1.29, 1.82) is 0 Å². The molecular formula is C17H18N4O4. The van der Waals surface area contributed by atoms with E-state index in [2.05, 4.69) is 10.5 Å². The standard InChI is InChI=1S/C17H18N4O4/c22-10-13-5-6-16(25-13)20-8-7-15-18-14(9-21(15)17(20)23)11-1-3-12(19-24)4-2-11/h1-4,7-9,13,16,19,22,24H,5-6,10H2/t13-,16+/m0/s1. The molecule has 3 aromatic rings. The first-order chi connectivity index (χ1) is 12.2. The molecule has 0 saturated carbocycles. The van der Waals surface area contributed by atoms with Crippen LogP contribution in [-0.4, -0.2) is 37.0 Å². The van der Waals surface area contributed by atoms with Crippen LogP contribution in [0.2, 0.25) is 0 Å². The average molecular weight is 342 g/mol. The molecule has 0 radical (unpaired) electrons. The Morgan fingerprint density at radius 3 is 2.72 bits per heavy atom. The van der Waals surface area contributed by atoms with E-state index in [1.807, 2.05) is 12.1 Å². The predicted molar refractivity (Wildman–Crippen MR) is 90.5 cm³/mol. The lowest BCUT2D eigenvalue weighted by molar-refractivity contribution is -0.0247. The van der Waals surface area contributed by atoms with Gasteiger partial charge in [-0.25, -0.2) is 9.78 Å². The number of hydrogen-bond acceptors (Lipinski definition) is 6. The van der Waals surface area contributed by atoms with E-state index in [9.17, 15) is 9.90 Å². The Morgan fingerprint density at radius 1 is 1.24 bits per heavy atom. The summed E-state index contributed by atoms with van der Waals surface area (Å²) in [6, 6.07) is 8.83. The van der Waals surface area contributed by atoms with Gasteiger partial charge in [-0.1, -0.05) is 12.1 Å². The van der Waals surface area contributed by atoms with Gasteiger partial charge in [-0.15, -0.1) is 0 Å². The number of imidazole rings is 1. The Labute approximate surface area is 142 Å². The summed E-state index contributed by atoms with van der Waals surface area (Å²) in [5, 5.41) is 18.1. The highest BCUT2D eigenvalue weighted by Crippen LogP contribution is 2.27. The highest BCUT2D eigenvalue weighted by Gasteiger charge is 2.27. The van der Waals surface area contributed by atoms with Crippen molar-refractivity contribution in [2.75, 3.05) is 12.1 Å². The summed E-state index contributed by atoms with van der Waals surface area (Å²) in [7, 11) is 0. The Balaban J connectivity index is 1.71. The molecule has 0 aliphatic carbocycles. The quantitative estimate of drug-likeness (QED) is 0.623. The summed E-state index contributed by atoms with van der Waals surface area (Å²) < 4.78 is 8.72. The first-order valence-corrected chi connectivity index (χ1v) is 8.06. The molecule has 3 N–H and O–H groups in total. The lowest BCUT2D eigenvalue weighted by Crippen LogP contribution is -2.29. The number of anilines is 1. The van der Waals surface area contributed by atoms with Gasteiger partial charge in [-0.3, -0.25) is 19.7 Å². The van der Waals surface area contributed by atoms with E-state index in [4.69, 9.17) is 9.94 Å². The fourth-order valence-corrected chi connectivity index (χ4v) is 3.10. The molecule has 1 fully saturated rings. The molecule has 1 saturated heterocycles. The maximum atomic E-state index is 12.8. The van der Waals surface area contributed by atoms with Crippen molar-refractivity contribution in [3.05, 3.63) is 53.2 Å². The Morgan fingerprint density at radius 2 is 2.04 bits per heavy atom. The van der Waals surface area contributed by atoms with Crippen molar-refractivity contribution < 1.29 is 15.1 Å². The van der Waals surface area contributed by atoms with Crippen molar-refractivity contribution in [2.24, 2.45) is 0 Å². The molecule has 4 rings (SSSR count). The van der Waals surface area contributed by atoms with Gasteiger partial charge >= 0.3 is 5.69 Å². The predicted octanol–water partition coefficient (Wildman–Crippen LogP) is 1.63. The van der Waals surface area contributed by atoms with Crippen molar-refractivity contribution in [1.82, 2.24) is 14.0 Å². The smallest absolute Gasteiger partial charge is 0.336 e. The number of rotatable bonds is 4. The van der Waals surface area contributed by atoms with Crippen LogP contribution in [0.25, 0.3) is 16.9 Å². The second-order valence-electron chi connectivity index (χ2n) is 6.02. The van der Waals surface area contributed by atoms with Gasteiger partial charge in [0.2, 0.25) is 0 Å². The Kier molecular flexibility index (Phi) is 4.00. The topological polar surface area (TPSA) is 101 Å². The first kappa shape index (κ1) is 15.8. The van der Waals surface area contributed by atoms with Crippen molar-refractivity contribution in [2.45, 2.75) is 25.2 Å². The zero-order valence-corrected chi connectivity index (χ0v) is 13.4. The number of aliphatic hydroxyl groups excluding tert-OH is 1. The molecule has 0 amide bonds. The fraction of sp³-hybridized carbons (Fsp3) is 0.294. The SMILES string of the molecule is O=c1n([C@H]2CC[C@@H](CO)O2)ccc2nc(-c3ccc(NO)cc3)cn12. The van der Waals surface area contributed by atoms with E-state index >= 15 is 0 Å². The molecule has 8 heteroatoms. The van der Waals surface area contributed by atoms with Crippen LogP contribution in [0, 0.1) is 0 Å². The van der Waals surface area contributed by atoms with Crippen LogP contribution in [0.15, 0.2) is 47.5 Å². The average Bonchev–Trinajstić information content (AvgIpc) is 3.29. The molecule has 1 aliphatic heterocycles. The van der Waals surface area contributed by atoms with E-state index < -0.39 is 0 Å². The third-order valence-electron chi connectivity index (χ3n) is 4.45. The minimum absolute atomic E-state index is 0.0403. The summed E-state index contributed by atoms with van der Waals surface area (Å²) in [5.41, 5.74) is 4.48. The first-order valence-electron chi connectivity index (χ1n) is 8.06. The summed E-state index contributed by atoms with van der Waals surface area (Å²) in [5.74, 6) is 0. The van der Waals surface area contributed by atoms with Crippen LogP contribution in [0.1, 0.15) is 19.1 Å². The van der Waals surface area contributed by atoms with E-state index in [0.29, 0.717) is 23.4 Å². The van der Waals surface area contributed by atoms with Crippen LogP contribution in [0.3, 0.4) is 0 Å². The fourth-order valence-electron chi connectivity index (χ4n) is 3.10. The lowest BCUT2D eigenvalue weighted by atomic mass is 10.1. The largest absolute Gasteiger partial charge is 0.394 e. The van der Waals surface area contributed by atoms with Gasteiger partial charge in [0.1, 0.15) is 11.9 Å². The zero-order chi connectivity index (χ0) is 17.4. The maximum absolute atomic E-state index is 12.8. The third kappa shape index (κ3) is 2.80. The van der Waals surface area contributed by atoms with Gasteiger partial charge in [-0.05, 0) is 31.0 Å². The molecule has 8 nitrogen and oxygen atoms in total. The van der Waals surface area contributed by atoms with Crippen LogP contribution in [0.5, 0.6) is 0 Å². The number of ether oxygens (including phenoxy) is 1. The molecule has 2 atom stereocenters. The monoisotopic (exact) mass is 342 g/mol. The van der Waals surface area contributed by atoms with Gasteiger partial charge in [0.25, 0.3) is 0 Å². The number of nitrogens with one attached hydrogen (secondary N) is 1. The van der Waals surface area contributed by atoms with Crippen LogP contribution >= 0.6 is 0 Å². The van der Waals surface area contributed by atoms with Gasteiger partial charge in [-0.2, -0.15) is 0 Å². The van der Waals surface area contributed by atoms with Gasteiger partial charge in [0.15, 0.2) is 0 Å². The molecule has 0 bridgehead atoms. The molecule has 0 unspecified atom stereocenters. The minimum Gasteiger partial charge on any atom is -0.394 e. The molecular weight excluding hydrogens is 324 g/mol. The van der Waals surface area contributed by atoms with E-state index in [1.165, 1.54) is 8.97 Å². The third-order valence-corrected chi connectivity index (χ3v) is 4.45. The highest BCUT2D eigenvalue weighted by atomic mass is 16.5. The normalized spacial score (nSPS) is 20.2. The molecule has 1 aromatic carbocycles. The Hall–Kier alpha value is -2.68. The molecule has 3 heterocycles. The zero-order valence-electron chi connectivity index (χ0n) is 13.4. The van der Waals surface area contributed by atoms with E-state index in [0.717, 1.165) is 12.0 Å². The molecule has 2 aromatic heterocycles. The van der Waals surface area contributed by atoms with Crippen LogP contribution < -0.4 is 11.2 Å². The maximum Gasteiger partial charge on any atom is 0.336 e. The molecule has 1 aliphatic rings. The van der Waals surface area contributed by atoms with Crippen molar-refractivity contribution in [3.63, 3.8) is 0 Å². The van der Waals surface area contributed by atoms with Crippen molar-refractivity contribution >= 4 is 11.3 Å². The molecule has 130 valence electrons. The number of aromatic nitrogens is 3. The number of nitrogens with zero attached hydrogens (tertiary/aromatic N) is 3. The lowest BCUT2D eigenvalue weighted by Gasteiger charge is -2.14. The Bertz CT molecular complexity index is 947. The summed E-state index contributed by atoms with van der Waals surface area (Å²) in [6.07, 6.45) is 4.20. The number of fused-ring (bicyclic) bond motifs is 1. The number of aliphatic hydroxyl groups is 1. The van der Waals surface area contributed by atoms with Crippen molar-refractivity contribution in [3.8, 4) is 11.3 Å². The van der Waals surface area contributed by atoms with Crippen LogP contribution in [0.4, 0.5) is 5.69 Å². The number of benzene rings is 1. The van der Waals surface area contributed by atoms with Gasteiger partial charge in [0.05, 0.1) is 24.1 Å². The molecule has 0 spiro atoms. The summed E-state index contributed by atoms with van der Waals surface area (Å²) in [4.78, 5) is 17.2. The van der Waals surface area contributed by atoms with Crippen LogP contribution in [-0.2, 0) is 4.74 Å². The van der Waals surface area contributed by atoms with E-state index in [1.54, 1.807) is 30.6 Å². The van der Waals surface area contributed by atoms with Gasteiger partial charge in [0, 0.05) is 18.0 Å². The highest BCUT2D eigenvalue weighted by molar-refractivity contribution is 5.64. The summed E-state index contributed by atoms with van der Waals surface area (Å²) in [6.45, 7) is -0.0403.